The molecule has 0 aliphatic rings. The van der Waals surface area contributed by atoms with Crippen LogP contribution in [-0.4, -0.2) is 9.97 Å². The molecule has 0 fully saturated rings. The summed E-state index contributed by atoms with van der Waals surface area (Å²) < 4.78 is 5.50. The first-order valence-corrected chi connectivity index (χ1v) is 6.26. The van der Waals surface area contributed by atoms with Gasteiger partial charge < -0.3 is 10.5 Å². The van der Waals surface area contributed by atoms with E-state index in [1.54, 1.807) is 12.3 Å². The van der Waals surface area contributed by atoms with Crippen LogP contribution in [0.15, 0.2) is 36.5 Å². The van der Waals surface area contributed by atoms with Crippen LogP contribution >= 0.6 is 0 Å². The van der Waals surface area contributed by atoms with Gasteiger partial charge in [0.1, 0.15) is 12.4 Å². The Morgan fingerprint density at radius 2 is 1.79 bits per heavy atom. The van der Waals surface area contributed by atoms with Crippen LogP contribution in [0.3, 0.4) is 0 Å². The summed E-state index contributed by atoms with van der Waals surface area (Å²) in [4.78, 5) is 7.99. The van der Waals surface area contributed by atoms with Gasteiger partial charge in [0.2, 0.25) is 0 Å². The molecule has 2 rings (SSSR count). The molecule has 2 N–H and O–H groups in total. The lowest BCUT2D eigenvalue weighted by molar-refractivity contribution is 0.281. The number of benzene rings is 1. The van der Waals surface area contributed by atoms with Gasteiger partial charge >= 0.3 is 6.01 Å². The van der Waals surface area contributed by atoms with Crippen molar-refractivity contribution in [2.75, 3.05) is 5.73 Å². The largest absolute Gasteiger partial charge is 0.459 e. The number of nitrogens with zero attached hydrogens (tertiary/aromatic N) is 2. The van der Waals surface area contributed by atoms with Gasteiger partial charge in [-0.2, -0.15) is 4.98 Å². The Morgan fingerprint density at radius 1 is 1.11 bits per heavy atom. The highest BCUT2D eigenvalue weighted by Gasteiger charge is 2.12. The quantitative estimate of drug-likeness (QED) is 0.918. The van der Waals surface area contributed by atoms with Crippen molar-refractivity contribution < 1.29 is 4.74 Å². The number of rotatable bonds is 3. The average Bonchev–Trinajstić information content (AvgIpc) is 2.36. The summed E-state index contributed by atoms with van der Waals surface area (Å²) in [5.74, 6) is 0.410. The maximum absolute atomic E-state index is 5.56. The first-order valence-electron chi connectivity index (χ1n) is 6.26. The third kappa shape index (κ3) is 3.68. The molecule has 19 heavy (non-hydrogen) atoms. The number of nitrogen functional groups attached to an aromatic ring is 1. The second-order valence-electron chi connectivity index (χ2n) is 5.50. The van der Waals surface area contributed by atoms with Crippen molar-refractivity contribution in [3.63, 3.8) is 0 Å². The predicted molar refractivity (Wildman–Crippen MR) is 75.9 cm³/mol. The fourth-order valence-corrected chi connectivity index (χ4v) is 1.67. The lowest BCUT2D eigenvalue weighted by atomic mass is 9.87. The second kappa shape index (κ2) is 5.26. The number of hydrogen-bond acceptors (Lipinski definition) is 4. The van der Waals surface area contributed by atoms with Crippen LogP contribution in [0.25, 0.3) is 0 Å². The molecule has 2 aromatic rings. The van der Waals surface area contributed by atoms with Crippen LogP contribution in [0, 0.1) is 0 Å². The minimum atomic E-state index is 0.163. The second-order valence-corrected chi connectivity index (χ2v) is 5.50. The molecule has 0 saturated carbocycles. The van der Waals surface area contributed by atoms with Crippen LogP contribution in [-0.2, 0) is 12.0 Å². The number of ether oxygens (including phenoxy) is 1. The highest BCUT2D eigenvalue weighted by atomic mass is 16.5. The van der Waals surface area contributed by atoms with Gasteiger partial charge in [-0.3, -0.25) is 0 Å². The normalized spacial score (nSPS) is 11.3. The molecule has 0 spiro atoms. The van der Waals surface area contributed by atoms with Crippen molar-refractivity contribution >= 4 is 5.82 Å². The van der Waals surface area contributed by atoms with Crippen molar-refractivity contribution in [3.05, 3.63) is 47.7 Å². The van der Waals surface area contributed by atoms with Gasteiger partial charge in [-0.25, -0.2) is 4.98 Å². The number of anilines is 1. The molecule has 0 amide bonds. The fourth-order valence-electron chi connectivity index (χ4n) is 1.67. The van der Waals surface area contributed by atoms with Crippen LogP contribution in [0.2, 0.25) is 0 Å². The van der Waals surface area contributed by atoms with Gasteiger partial charge in [0.05, 0.1) is 0 Å². The summed E-state index contributed by atoms with van der Waals surface area (Å²) in [6, 6.07) is 10.3. The summed E-state index contributed by atoms with van der Waals surface area (Å²) in [5.41, 5.74) is 8.11. The minimum Gasteiger partial charge on any atom is -0.459 e. The first-order chi connectivity index (χ1) is 8.95. The van der Waals surface area contributed by atoms with Gasteiger partial charge in [-0.1, -0.05) is 45.0 Å². The lowest BCUT2D eigenvalue weighted by Gasteiger charge is -2.19. The molecule has 100 valence electrons. The van der Waals surface area contributed by atoms with Crippen LogP contribution in [0.5, 0.6) is 6.01 Å². The van der Waals surface area contributed by atoms with E-state index in [0.717, 1.165) is 5.56 Å². The average molecular weight is 257 g/mol. The van der Waals surface area contributed by atoms with E-state index in [1.165, 1.54) is 5.56 Å². The van der Waals surface area contributed by atoms with E-state index >= 15 is 0 Å². The molecule has 0 bridgehead atoms. The Labute approximate surface area is 113 Å². The molecule has 0 unspecified atom stereocenters. The van der Waals surface area contributed by atoms with Gasteiger partial charge in [-0.15, -0.1) is 0 Å². The molecule has 1 aromatic carbocycles. The maximum atomic E-state index is 5.56. The topological polar surface area (TPSA) is 61.0 Å². The monoisotopic (exact) mass is 257 g/mol. The Morgan fingerprint density at radius 3 is 2.37 bits per heavy atom. The maximum Gasteiger partial charge on any atom is 0.318 e. The van der Waals surface area contributed by atoms with Gasteiger partial charge in [0.15, 0.2) is 0 Å². The van der Waals surface area contributed by atoms with Crippen molar-refractivity contribution in [1.29, 1.82) is 0 Å². The highest BCUT2D eigenvalue weighted by molar-refractivity contribution is 5.28. The van der Waals surface area contributed by atoms with E-state index in [0.29, 0.717) is 18.4 Å². The lowest BCUT2D eigenvalue weighted by Crippen LogP contribution is -2.11. The zero-order chi connectivity index (χ0) is 13.9. The van der Waals surface area contributed by atoms with E-state index in [1.807, 2.05) is 0 Å². The van der Waals surface area contributed by atoms with Gasteiger partial charge in [-0.05, 0) is 22.6 Å². The standard InChI is InChI=1S/C15H19N3O/c1-15(2,3)12-6-4-11(5-7-12)10-19-14-17-9-8-13(16)18-14/h4-9H,10H2,1-3H3,(H2,16,17,18). The van der Waals surface area contributed by atoms with E-state index < -0.39 is 0 Å². The van der Waals surface area contributed by atoms with Crippen LogP contribution in [0.4, 0.5) is 5.82 Å². The summed E-state index contributed by atoms with van der Waals surface area (Å²) in [6.07, 6.45) is 1.58. The number of nitrogens with two attached hydrogens (primary N) is 1. The third-order valence-corrected chi connectivity index (χ3v) is 2.84. The summed E-state index contributed by atoms with van der Waals surface area (Å²) in [7, 11) is 0. The van der Waals surface area contributed by atoms with Crippen molar-refractivity contribution in [1.82, 2.24) is 9.97 Å². The SMILES string of the molecule is CC(C)(C)c1ccc(COc2nccc(N)n2)cc1. The number of aromatic nitrogens is 2. The smallest absolute Gasteiger partial charge is 0.318 e. The van der Waals surface area contributed by atoms with E-state index in [4.69, 9.17) is 10.5 Å². The van der Waals surface area contributed by atoms with Crippen molar-refractivity contribution in [3.8, 4) is 6.01 Å². The molecule has 4 heteroatoms. The Balaban J connectivity index is 2.01. The summed E-state index contributed by atoms with van der Waals surface area (Å²) in [6.45, 7) is 7.02. The van der Waals surface area contributed by atoms with Gasteiger partial charge in [0, 0.05) is 6.20 Å². The van der Waals surface area contributed by atoms with E-state index in [2.05, 4.69) is 55.0 Å². The Bertz CT molecular complexity index is 544. The third-order valence-electron chi connectivity index (χ3n) is 2.84. The Kier molecular flexibility index (Phi) is 3.69. The molecular weight excluding hydrogens is 238 g/mol. The molecule has 0 radical (unpaired) electrons. The number of hydrogen-bond donors (Lipinski definition) is 1. The molecule has 0 aliphatic heterocycles. The summed E-state index contributed by atoms with van der Waals surface area (Å²) in [5, 5.41) is 0. The Hall–Kier alpha value is -2.10. The van der Waals surface area contributed by atoms with Crippen molar-refractivity contribution in [2.45, 2.75) is 32.8 Å². The molecular formula is C15H19N3O. The molecule has 0 saturated heterocycles. The fraction of sp³-hybridized carbons (Fsp3) is 0.333. The van der Waals surface area contributed by atoms with E-state index in [-0.39, 0.29) is 5.41 Å². The minimum absolute atomic E-state index is 0.163. The first kappa shape index (κ1) is 13.3. The van der Waals surface area contributed by atoms with E-state index in [9.17, 15) is 0 Å². The molecule has 1 heterocycles. The highest BCUT2D eigenvalue weighted by Crippen LogP contribution is 2.22. The molecule has 4 nitrogen and oxygen atoms in total. The molecule has 1 aromatic heterocycles. The predicted octanol–water partition coefficient (Wildman–Crippen LogP) is 2.94. The zero-order valence-corrected chi connectivity index (χ0v) is 11.6. The summed E-state index contributed by atoms with van der Waals surface area (Å²) >= 11 is 0. The zero-order valence-electron chi connectivity index (χ0n) is 11.6. The van der Waals surface area contributed by atoms with Gasteiger partial charge in [0.25, 0.3) is 0 Å². The van der Waals surface area contributed by atoms with Crippen LogP contribution < -0.4 is 10.5 Å². The molecule has 0 aliphatic carbocycles. The molecule has 0 atom stereocenters. The van der Waals surface area contributed by atoms with Crippen LogP contribution in [0.1, 0.15) is 31.9 Å². The van der Waals surface area contributed by atoms with Crippen molar-refractivity contribution in [2.24, 2.45) is 0 Å².